The highest BCUT2D eigenvalue weighted by molar-refractivity contribution is 9.13. The van der Waals surface area contributed by atoms with Crippen LogP contribution in [0.2, 0.25) is 0 Å². The van der Waals surface area contributed by atoms with E-state index in [1.165, 1.54) is 0 Å². The maximum absolute atomic E-state index is 12.5. The van der Waals surface area contributed by atoms with Gasteiger partial charge >= 0.3 is 5.96 Å². The normalized spacial score (nSPS) is 24.9. The van der Waals surface area contributed by atoms with Gasteiger partial charge in [-0.25, -0.2) is 0 Å². The van der Waals surface area contributed by atoms with Crippen molar-refractivity contribution in [3.05, 3.63) is 33.0 Å². The molecule has 0 saturated heterocycles. The molecule has 0 aliphatic carbocycles. The van der Waals surface area contributed by atoms with Gasteiger partial charge in [0.2, 0.25) is 0 Å². The molecule has 6 nitrogen and oxygen atoms in total. The predicted octanol–water partition coefficient (Wildman–Crippen LogP) is -0.755. The lowest BCUT2D eigenvalue weighted by Gasteiger charge is -2.29. The number of nitrogens with two attached hydrogens (primary N) is 1. The van der Waals surface area contributed by atoms with Crippen LogP contribution in [0.5, 0.6) is 0 Å². The first-order valence-corrected chi connectivity index (χ1v) is 7.32. The Morgan fingerprint density at radius 2 is 2.32 bits per heavy atom. The van der Waals surface area contributed by atoms with E-state index in [0.29, 0.717) is 18.2 Å². The molecule has 0 radical (unpaired) electrons. The molecule has 1 amide bonds. The second-order valence-electron chi connectivity index (χ2n) is 4.40. The molecule has 2 aliphatic heterocycles. The molecule has 1 aromatic rings. The maximum Gasteiger partial charge on any atom is 0.343 e. The van der Waals surface area contributed by atoms with E-state index in [2.05, 4.69) is 47.2 Å². The van der Waals surface area contributed by atoms with Gasteiger partial charge in [0.15, 0.2) is 6.17 Å². The Bertz CT molecular complexity index is 574. The van der Waals surface area contributed by atoms with Crippen LogP contribution in [0.3, 0.4) is 0 Å². The Hall–Kier alpha value is -1.28. The average Bonchev–Trinajstić information content (AvgIpc) is 2.90. The van der Waals surface area contributed by atoms with E-state index in [9.17, 15) is 4.79 Å². The van der Waals surface area contributed by atoms with Crippen molar-refractivity contribution in [2.75, 3.05) is 6.54 Å². The number of amides is 1. The summed E-state index contributed by atoms with van der Waals surface area (Å²) in [4.78, 5) is 20.3. The van der Waals surface area contributed by atoms with E-state index in [0.717, 1.165) is 9.08 Å². The number of H-pyrrole nitrogens is 1. The van der Waals surface area contributed by atoms with Gasteiger partial charge in [-0.1, -0.05) is 6.08 Å². The minimum absolute atomic E-state index is 0.0135. The first-order valence-electron chi connectivity index (χ1n) is 5.73. The predicted molar refractivity (Wildman–Crippen MR) is 77.2 cm³/mol. The molecule has 2 unspecified atom stereocenters. The van der Waals surface area contributed by atoms with E-state index in [1.807, 2.05) is 12.2 Å². The first-order chi connectivity index (χ1) is 9.06. The van der Waals surface area contributed by atoms with Gasteiger partial charge in [0.25, 0.3) is 5.91 Å². The Kier molecular flexibility index (Phi) is 3.14. The number of nitrogens with one attached hydrogen (secondary N) is 3. The lowest BCUT2D eigenvalue weighted by Crippen LogP contribution is -2.84. The van der Waals surface area contributed by atoms with Crippen LogP contribution in [0, 0.1) is 0 Å². The Morgan fingerprint density at radius 1 is 1.53 bits per heavy atom. The number of rotatable bonds is 1. The molecule has 3 heterocycles. The third-order valence-electron chi connectivity index (χ3n) is 3.16. The Balaban J connectivity index is 1.89. The molecule has 1 aromatic heterocycles. The average molecular weight is 390 g/mol. The Labute approximate surface area is 126 Å². The van der Waals surface area contributed by atoms with Crippen LogP contribution in [0.1, 0.15) is 10.5 Å². The summed E-state index contributed by atoms with van der Waals surface area (Å²) in [6.07, 6.45) is 3.82. The van der Waals surface area contributed by atoms with Crippen molar-refractivity contribution < 1.29 is 9.79 Å². The second-order valence-corrected chi connectivity index (χ2v) is 6.05. The molecule has 0 saturated carbocycles. The van der Waals surface area contributed by atoms with E-state index >= 15 is 0 Å². The quantitative estimate of drug-likeness (QED) is 0.476. The summed E-state index contributed by atoms with van der Waals surface area (Å²) in [5.74, 6) is 0.419. The van der Waals surface area contributed by atoms with Crippen LogP contribution in [-0.2, 0) is 0 Å². The van der Waals surface area contributed by atoms with E-state index in [4.69, 9.17) is 5.73 Å². The molecule has 2 aliphatic rings. The number of guanidine groups is 1. The molecule has 0 bridgehead atoms. The van der Waals surface area contributed by atoms with E-state index in [1.54, 1.807) is 11.0 Å². The van der Waals surface area contributed by atoms with Crippen LogP contribution in [0.15, 0.2) is 27.3 Å². The van der Waals surface area contributed by atoms with Gasteiger partial charge in [-0.15, -0.1) is 0 Å². The van der Waals surface area contributed by atoms with Crippen LogP contribution in [-0.4, -0.2) is 40.5 Å². The van der Waals surface area contributed by atoms with Crippen LogP contribution < -0.4 is 16.0 Å². The summed E-state index contributed by atoms with van der Waals surface area (Å²) in [6, 6.07) is 1.77. The van der Waals surface area contributed by atoms with Gasteiger partial charge in [0, 0.05) is 6.54 Å². The van der Waals surface area contributed by atoms with Gasteiger partial charge < -0.3 is 4.98 Å². The lowest BCUT2D eigenvalue weighted by molar-refractivity contribution is -0.520. The summed E-state index contributed by atoms with van der Waals surface area (Å²) in [5, 5.41) is 3.08. The van der Waals surface area contributed by atoms with Crippen molar-refractivity contribution in [1.82, 2.24) is 15.2 Å². The highest BCUT2D eigenvalue weighted by Crippen LogP contribution is 2.24. The monoisotopic (exact) mass is 388 g/mol. The van der Waals surface area contributed by atoms with Gasteiger partial charge in [-0.05, 0) is 44.0 Å². The SMILES string of the molecule is NC1=[NH+]C2C(C=CCN2C(=O)c2cc(Br)c(Br)[nH]2)N1. The second kappa shape index (κ2) is 4.68. The molecule has 3 rings (SSSR count). The van der Waals surface area contributed by atoms with Crippen molar-refractivity contribution in [2.24, 2.45) is 5.73 Å². The Morgan fingerprint density at radius 3 is 3.00 bits per heavy atom. The molecule has 0 spiro atoms. The molecule has 0 fully saturated rings. The van der Waals surface area contributed by atoms with Gasteiger partial charge in [0.05, 0.1) is 9.08 Å². The molecule has 100 valence electrons. The standard InChI is InChI=1S/C11H11Br2N5O/c12-5-4-7(15-8(5)13)10(19)18-3-1-2-6-9(18)17-11(14)16-6/h1-2,4,6,9,15H,3H2,(H3,14,16,17)/p+1. The largest absolute Gasteiger partial charge is 0.344 e. The van der Waals surface area contributed by atoms with Gasteiger partial charge in [-0.3, -0.25) is 25.7 Å². The van der Waals surface area contributed by atoms with Gasteiger partial charge in [-0.2, -0.15) is 0 Å². The van der Waals surface area contributed by atoms with Crippen LogP contribution in [0.25, 0.3) is 0 Å². The molecule has 5 N–H and O–H groups in total. The molecule has 8 heteroatoms. The molecular weight excluding hydrogens is 378 g/mol. The van der Waals surface area contributed by atoms with Crippen molar-refractivity contribution in [1.29, 1.82) is 0 Å². The van der Waals surface area contributed by atoms with E-state index in [-0.39, 0.29) is 18.1 Å². The summed E-state index contributed by atoms with van der Waals surface area (Å²) >= 11 is 6.69. The minimum Gasteiger partial charge on any atom is -0.344 e. The van der Waals surface area contributed by atoms with Crippen LogP contribution in [0.4, 0.5) is 0 Å². The number of nitrogens with zero attached hydrogens (tertiary/aromatic N) is 1. The lowest BCUT2D eigenvalue weighted by atomic mass is 10.1. The zero-order valence-corrected chi connectivity index (χ0v) is 13.0. The van der Waals surface area contributed by atoms with Gasteiger partial charge in [0.1, 0.15) is 11.7 Å². The summed E-state index contributed by atoms with van der Waals surface area (Å²) in [5.41, 5.74) is 6.25. The number of hydrogen-bond acceptors (Lipinski definition) is 3. The fraction of sp³-hybridized carbons (Fsp3) is 0.273. The summed E-state index contributed by atoms with van der Waals surface area (Å²) < 4.78 is 1.58. The highest BCUT2D eigenvalue weighted by atomic mass is 79.9. The number of carbonyl (C=O) groups is 1. The summed E-state index contributed by atoms with van der Waals surface area (Å²) in [6.45, 7) is 0.552. The van der Waals surface area contributed by atoms with Crippen molar-refractivity contribution >= 4 is 43.7 Å². The molecular formula is C11H12Br2N5O+. The van der Waals surface area contributed by atoms with Crippen molar-refractivity contribution in [3.8, 4) is 0 Å². The highest BCUT2D eigenvalue weighted by Gasteiger charge is 2.39. The number of aromatic nitrogens is 1. The number of fused-ring (bicyclic) bond motifs is 1. The topological polar surface area (TPSA) is 88.1 Å². The van der Waals surface area contributed by atoms with Crippen LogP contribution >= 0.6 is 31.9 Å². The van der Waals surface area contributed by atoms with E-state index < -0.39 is 0 Å². The van der Waals surface area contributed by atoms with Crippen molar-refractivity contribution in [3.63, 3.8) is 0 Å². The summed E-state index contributed by atoms with van der Waals surface area (Å²) in [7, 11) is 0. The molecule has 19 heavy (non-hydrogen) atoms. The molecule has 2 atom stereocenters. The smallest absolute Gasteiger partial charge is 0.343 e. The minimum atomic E-state index is -0.154. The third-order valence-corrected chi connectivity index (χ3v) is 4.95. The zero-order valence-electron chi connectivity index (χ0n) is 9.78. The number of hydrogen-bond donors (Lipinski definition) is 4. The number of aromatic amines is 1. The third kappa shape index (κ3) is 2.18. The zero-order chi connectivity index (χ0) is 13.6. The number of halogens is 2. The first kappa shape index (κ1) is 12.7. The molecule has 0 aromatic carbocycles. The fourth-order valence-corrected chi connectivity index (χ4v) is 2.95. The fourth-order valence-electron chi connectivity index (χ4n) is 2.29. The number of carbonyl (C=O) groups excluding carboxylic acids is 1. The van der Waals surface area contributed by atoms with Crippen molar-refractivity contribution in [2.45, 2.75) is 12.2 Å². The maximum atomic E-state index is 12.5.